The molecule has 0 aromatic heterocycles. The average molecular weight is 436 g/mol. The maximum absolute atomic E-state index is 2.63. The van der Waals surface area contributed by atoms with Crippen molar-refractivity contribution in [2.75, 3.05) is 0 Å². The molecule has 0 saturated carbocycles. The zero-order chi connectivity index (χ0) is 11.7. The zero-order valence-electron chi connectivity index (χ0n) is 10.5. The zero-order valence-corrected chi connectivity index (χ0v) is 14.8. The molecule has 0 rings (SSSR count). The Bertz CT molecular complexity index is 141. The molecule has 0 aromatic rings. The van der Waals surface area contributed by atoms with Gasteiger partial charge < -0.3 is 0 Å². The van der Waals surface area contributed by atoms with E-state index in [4.69, 9.17) is 0 Å². The van der Waals surface area contributed by atoms with Crippen molar-refractivity contribution >= 4 is 45.2 Å². The number of unbranched alkanes of at least 4 members (excludes halogenated alkanes) is 6. The van der Waals surface area contributed by atoms with Crippen molar-refractivity contribution in [1.82, 2.24) is 0 Å². The Balaban J connectivity index is 3.31. The monoisotopic (exact) mass is 436 g/mol. The summed E-state index contributed by atoms with van der Waals surface area (Å²) in [5, 5.41) is 0. The molecule has 0 radical (unpaired) electrons. The van der Waals surface area contributed by atoms with Gasteiger partial charge in [0.2, 0.25) is 0 Å². The third kappa shape index (κ3) is 9.19. The van der Waals surface area contributed by atoms with Gasteiger partial charge in [-0.2, -0.15) is 0 Å². The number of alkyl halides is 2. The molecule has 0 N–H and O–H groups in total. The quantitative estimate of drug-likeness (QED) is 0.225. The molecule has 0 heterocycles. The van der Waals surface area contributed by atoms with Gasteiger partial charge >= 0.3 is 0 Å². The van der Waals surface area contributed by atoms with Crippen LogP contribution >= 0.6 is 45.2 Å². The molecule has 0 amide bonds. The predicted molar refractivity (Wildman–Crippen MR) is 88.2 cm³/mol. The van der Waals surface area contributed by atoms with Crippen LogP contribution in [-0.2, 0) is 0 Å². The van der Waals surface area contributed by atoms with Gasteiger partial charge in [0.25, 0.3) is 0 Å². The lowest BCUT2D eigenvalue weighted by Crippen LogP contribution is -2.18. The van der Waals surface area contributed by atoms with Crippen LogP contribution in [0.1, 0.15) is 72.1 Å². The summed E-state index contributed by atoms with van der Waals surface area (Å²) in [4.78, 5) is 0. The van der Waals surface area contributed by atoms with Crippen molar-refractivity contribution in [3.63, 3.8) is 0 Å². The van der Waals surface area contributed by atoms with Crippen LogP contribution in [0.15, 0.2) is 0 Å². The van der Waals surface area contributed by atoms with Crippen LogP contribution in [0, 0.1) is 5.92 Å². The summed E-state index contributed by atoms with van der Waals surface area (Å²) in [5.41, 5.74) is 0. The Hall–Kier alpha value is 1.46. The van der Waals surface area contributed by atoms with Crippen LogP contribution in [-0.4, -0.2) is 1.43 Å². The summed E-state index contributed by atoms with van der Waals surface area (Å²) in [5.74, 6) is 0.791. The maximum Gasteiger partial charge on any atom is 0.0757 e. The van der Waals surface area contributed by atoms with E-state index in [0.29, 0.717) is 1.43 Å². The van der Waals surface area contributed by atoms with Gasteiger partial charge in [0.15, 0.2) is 0 Å². The molecular formula is C13H26I2. The van der Waals surface area contributed by atoms with E-state index in [0.717, 1.165) is 5.92 Å². The van der Waals surface area contributed by atoms with Gasteiger partial charge in [-0.3, -0.25) is 0 Å². The molecule has 0 saturated heterocycles. The summed E-state index contributed by atoms with van der Waals surface area (Å²) < 4.78 is 0.485. The normalized spacial score (nSPS) is 12.4. The minimum absolute atomic E-state index is 0.485. The summed E-state index contributed by atoms with van der Waals surface area (Å²) in [6, 6.07) is 0. The molecule has 0 fully saturated rings. The molecule has 0 nitrogen and oxygen atoms in total. The minimum atomic E-state index is 0.485. The van der Waals surface area contributed by atoms with Crippen LogP contribution in [0.3, 0.4) is 0 Å². The second-order valence-corrected chi connectivity index (χ2v) is 10.7. The van der Waals surface area contributed by atoms with Gasteiger partial charge in [-0.25, -0.2) is 0 Å². The third-order valence-corrected chi connectivity index (χ3v) is 6.53. The summed E-state index contributed by atoms with van der Waals surface area (Å²) >= 11 is 5.25. The maximum atomic E-state index is 2.63. The van der Waals surface area contributed by atoms with E-state index in [1.807, 2.05) is 0 Å². The molecule has 92 valence electrons. The Labute approximate surface area is 124 Å². The average Bonchev–Trinajstić information content (AvgIpc) is 2.16. The van der Waals surface area contributed by atoms with Crippen molar-refractivity contribution in [1.29, 1.82) is 0 Å². The molecule has 0 unspecified atom stereocenters. The van der Waals surface area contributed by atoms with Crippen LogP contribution < -0.4 is 0 Å². The van der Waals surface area contributed by atoms with E-state index in [9.17, 15) is 0 Å². The van der Waals surface area contributed by atoms with Gasteiger partial charge in [0.1, 0.15) is 0 Å². The second kappa shape index (κ2) is 9.49. The van der Waals surface area contributed by atoms with Gasteiger partial charge in [-0.1, -0.05) is 111 Å². The van der Waals surface area contributed by atoms with E-state index >= 15 is 0 Å². The highest BCUT2D eigenvalue weighted by Gasteiger charge is 2.25. The van der Waals surface area contributed by atoms with E-state index in [1.54, 1.807) is 0 Å². The lowest BCUT2D eigenvalue weighted by molar-refractivity contribution is 0.521. The fraction of sp³-hybridized carbons (Fsp3) is 1.00. The summed E-state index contributed by atoms with van der Waals surface area (Å²) in [6.07, 6.45) is 11.3. The van der Waals surface area contributed by atoms with Crippen molar-refractivity contribution in [2.45, 2.75) is 73.6 Å². The molecule has 0 aromatic carbocycles. The summed E-state index contributed by atoms with van der Waals surface area (Å²) in [7, 11) is 0. The molecule has 2 heteroatoms. The lowest BCUT2D eigenvalue weighted by atomic mass is 10.0. The van der Waals surface area contributed by atoms with E-state index in [2.05, 4.69) is 66.0 Å². The predicted octanol–water partition coefficient (Wildman–Crippen LogP) is 6.35. The van der Waals surface area contributed by atoms with E-state index in [-0.39, 0.29) is 0 Å². The van der Waals surface area contributed by atoms with Crippen molar-refractivity contribution < 1.29 is 0 Å². The first-order valence-corrected chi connectivity index (χ1v) is 8.54. The van der Waals surface area contributed by atoms with E-state index < -0.39 is 0 Å². The van der Waals surface area contributed by atoms with Crippen LogP contribution in [0.4, 0.5) is 0 Å². The molecule has 0 aliphatic carbocycles. The Morgan fingerprint density at radius 2 is 1.33 bits per heavy atom. The van der Waals surface area contributed by atoms with Gasteiger partial charge in [0, 0.05) is 0 Å². The minimum Gasteiger partial charge on any atom is -0.0669 e. The highest BCUT2D eigenvalue weighted by atomic mass is 127. The molecule has 0 aliphatic heterocycles. The molecule has 0 bridgehead atoms. The van der Waals surface area contributed by atoms with Crippen molar-refractivity contribution in [3.05, 3.63) is 0 Å². The van der Waals surface area contributed by atoms with Crippen LogP contribution in [0.5, 0.6) is 0 Å². The lowest BCUT2D eigenvalue weighted by Gasteiger charge is -2.24. The standard InChI is InChI=1S/C13H26I2/c1-4-5-6-7-8-9-10-11-13(14,15)12(2)3/h12H,4-11H2,1-3H3. The largest absolute Gasteiger partial charge is 0.0757 e. The molecule has 0 spiro atoms. The first kappa shape index (κ1) is 16.5. The van der Waals surface area contributed by atoms with Crippen LogP contribution in [0.25, 0.3) is 0 Å². The SMILES string of the molecule is CCCCCCCCCC(I)(I)C(C)C. The smallest absolute Gasteiger partial charge is 0.0669 e. The van der Waals surface area contributed by atoms with Gasteiger partial charge in [0.05, 0.1) is 1.43 Å². The topological polar surface area (TPSA) is 0 Å². The van der Waals surface area contributed by atoms with Crippen molar-refractivity contribution in [3.8, 4) is 0 Å². The second-order valence-electron chi connectivity index (χ2n) is 4.79. The molecule has 0 aliphatic rings. The van der Waals surface area contributed by atoms with Gasteiger partial charge in [-0.15, -0.1) is 0 Å². The number of hydrogen-bond donors (Lipinski definition) is 0. The molecule has 0 atom stereocenters. The first-order chi connectivity index (χ1) is 7.00. The summed E-state index contributed by atoms with van der Waals surface area (Å²) in [6.45, 7) is 6.95. The third-order valence-electron chi connectivity index (χ3n) is 2.96. The fourth-order valence-corrected chi connectivity index (χ4v) is 2.37. The van der Waals surface area contributed by atoms with Crippen LogP contribution in [0.2, 0.25) is 0 Å². The molecule has 15 heavy (non-hydrogen) atoms. The number of halogens is 2. The molecular weight excluding hydrogens is 410 g/mol. The van der Waals surface area contributed by atoms with Gasteiger partial charge in [-0.05, 0) is 12.3 Å². The van der Waals surface area contributed by atoms with Crippen molar-refractivity contribution in [2.24, 2.45) is 5.92 Å². The Morgan fingerprint density at radius 1 is 0.867 bits per heavy atom. The Morgan fingerprint density at radius 3 is 1.80 bits per heavy atom. The Kier molecular flexibility index (Phi) is 10.4. The first-order valence-electron chi connectivity index (χ1n) is 6.38. The number of rotatable bonds is 9. The highest BCUT2D eigenvalue weighted by molar-refractivity contribution is 14.2. The van der Waals surface area contributed by atoms with E-state index in [1.165, 1.54) is 51.4 Å². The fourth-order valence-electron chi connectivity index (χ4n) is 1.61. The highest BCUT2D eigenvalue weighted by Crippen LogP contribution is 2.40. The number of hydrogen-bond acceptors (Lipinski definition) is 0.